The highest BCUT2D eigenvalue weighted by Gasteiger charge is 2.31. The molecule has 0 saturated heterocycles. The van der Waals surface area contributed by atoms with Crippen molar-refractivity contribution in [3.8, 4) is 23.1 Å². The summed E-state index contributed by atoms with van der Waals surface area (Å²) in [6, 6.07) is 14.8. The monoisotopic (exact) mass is 496 g/mol. The van der Waals surface area contributed by atoms with Gasteiger partial charge in [-0.25, -0.2) is 9.48 Å². The number of methoxy groups -OCH3 is 1. The van der Waals surface area contributed by atoms with E-state index in [-0.39, 0.29) is 11.6 Å². The molecule has 0 atom stereocenters. The van der Waals surface area contributed by atoms with Crippen LogP contribution in [0.2, 0.25) is 5.02 Å². The fraction of sp³-hybridized carbons (Fsp3) is 0.407. The Morgan fingerprint density at radius 2 is 1.80 bits per heavy atom. The zero-order chi connectivity index (χ0) is 25.2. The number of amides is 2. The number of halogens is 1. The van der Waals surface area contributed by atoms with Crippen LogP contribution in [-0.2, 0) is 6.54 Å². The molecule has 3 aromatic rings. The molecule has 1 fully saturated rings. The predicted octanol–water partition coefficient (Wildman–Crippen LogP) is 6.36. The summed E-state index contributed by atoms with van der Waals surface area (Å²) in [5.41, 5.74) is 2.10. The molecule has 0 aliphatic heterocycles. The van der Waals surface area contributed by atoms with Crippen LogP contribution in [0.4, 0.5) is 4.79 Å². The minimum Gasteiger partial charge on any atom is -0.493 e. The molecule has 4 rings (SSSR count). The van der Waals surface area contributed by atoms with Crippen LogP contribution in [-0.4, -0.2) is 39.9 Å². The van der Waals surface area contributed by atoms with Gasteiger partial charge in [0, 0.05) is 17.1 Å². The molecular weight excluding hydrogens is 464 g/mol. The number of para-hydroxylation sites is 2. The van der Waals surface area contributed by atoms with Crippen molar-refractivity contribution in [2.45, 2.75) is 52.6 Å². The molecule has 1 aromatic heterocycles. The third-order valence-corrected chi connectivity index (χ3v) is 6.03. The third kappa shape index (κ3) is 6.28. The van der Waals surface area contributed by atoms with Gasteiger partial charge in [-0.3, -0.25) is 0 Å². The Morgan fingerprint density at radius 1 is 1.14 bits per heavy atom. The van der Waals surface area contributed by atoms with Crippen LogP contribution in [0.15, 0.2) is 48.5 Å². The summed E-state index contributed by atoms with van der Waals surface area (Å²) in [7, 11) is 1.61. The van der Waals surface area contributed by atoms with E-state index >= 15 is 0 Å². The van der Waals surface area contributed by atoms with Gasteiger partial charge in [0.05, 0.1) is 30.6 Å². The van der Waals surface area contributed by atoms with Gasteiger partial charge in [-0.1, -0.05) is 23.7 Å². The van der Waals surface area contributed by atoms with E-state index in [9.17, 15) is 4.79 Å². The van der Waals surface area contributed by atoms with Gasteiger partial charge < -0.3 is 19.7 Å². The fourth-order valence-electron chi connectivity index (χ4n) is 3.81. The van der Waals surface area contributed by atoms with Gasteiger partial charge in [-0.2, -0.15) is 5.10 Å². The number of aryl methyl sites for hydroxylation is 1. The predicted molar refractivity (Wildman–Crippen MR) is 138 cm³/mol. The zero-order valence-corrected chi connectivity index (χ0v) is 21.7. The van der Waals surface area contributed by atoms with Crippen molar-refractivity contribution in [2.75, 3.05) is 13.7 Å². The first kappa shape index (κ1) is 24.9. The van der Waals surface area contributed by atoms with E-state index in [1.54, 1.807) is 11.8 Å². The SMILES string of the molecule is COc1ccccc1Oc1c(CN(CC2CC2)C(=O)NC(C)(C)C)c(C)nn1-c1ccc(Cl)cc1. The van der Waals surface area contributed by atoms with Gasteiger partial charge in [0.2, 0.25) is 5.88 Å². The van der Waals surface area contributed by atoms with E-state index in [2.05, 4.69) is 5.32 Å². The molecule has 1 N–H and O–H groups in total. The lowest BCUT2D eigenvalue weighted by atomic mass is 10.1. The summed E-state index contributed by atoms with van der Waals surface area (Å²) in [5, 5.41) is 8.54. The van der Waals surface area contributed by atoms with Gasteiger partial charge in [0.1, 0.15) is 0 Å². The number of nitrogens with one attached hydrogen (secondary N) is 1. The molecule has 8 heteroatoms. The van der Waals surface area contributed by atoms with Crippen molar-refractivity contribution in [3.63, 3.8) is 0 Å². The summed E-state index contributed by atoms with van der Waals surface area (Å²) in [5.74, 6) is 2.25. The third-order valence-electron chi connectivity index (χ3n) is 5.78. The van der Waals surface area contributed by atoms with Crippen LogP contribution >= 0.6 is 11.6 Å². The molecule has 35 heavy (non-hydrogen) atoms. The van der Waals surface area contributed by atoms with E-state index in [4.69, 9.17) is 26.2 Å². The van der Waals surface area contributed by atoms with Gasteiger partial charge >= 0.3 is 6.03 Å². The van der Waals surface area contributed by atoms with Gasteiger partial charge in [-0.15, -0.1) is 0 Å². The second-order valence-electron chi connectivity index (χ2n) is 10.0. The summed E-state index contributed by atoms with van der Waals surface area (Å²) < 4.78 is 13.7. The lowest BCUT2D eigenvalue weighted by molar-refractivity contribution is 0.182. The van der Waals surface area contributed by atoms with Gasteiger partial charge in [-0.05, 0) is 82.9 Å². The lowest BCUT2D eigenvalue weighted by Gasteiger charge is -2.28. The standard InChI is InChI=1S/C27H33ClN4O3/c1-18-22(17-31(16-19-10-11-19)26(33)29-27(2,3)4)25(35-24-9-7-6-8-23(24)34-5)32(30-18)21-14-12-20(28)13-15-21/h6-9,12-15,19H,10-11,16-17H2,1-5H3,(H,29,33). The molecule has 1 aliphatic carbocycles. The largest absolute Gasteiger partial charge is 0.493 e. The van der Waals surface area contributed by atoms with Crippen molar-refractivity contribution < 1.29 is 14.3 Å². The van der Waals surface area contributed by atoms with E-state index in [0.717, 1.165) is 29.8 Å². The number of nitrogens with zero attached hydrogens (tertiary/aromatic N) is 3. The van der Waals surface area contributed by atoms with Crippen molar-refractivity contribution in [1.29, 1.82) is 0 Å². The average Bonchev–Trinajstić information content (AvgIpc) is 3.57. The molecule has 0 unspecified atom stereocenters. The first-order valence-corrected chi connectivity index (χ1v) is 12.2. The molecule has 2 aromatic carbocycles. The molecule has 1 heterocycles. The first-order chi connectivity index (χ1) is 16.6. The summed E-state index contributed by atoms with van der Waals surface area (Å²) in [6.45, 7) is 8.97. The molecule has 0 radical (unpaired) electrons. The number of rotatable bonds is 8. The van der Waals surface area contributed by atoms with E-state index in [1.165, 1.54) is 0 Å². The fourth-order valence-corrected chi connectivity index (χ4v) is 3.94. The molecular formula is C27H33ClN4O3. The number of benzene rings is 2. The highest BCUT2D eigenvalue weighted by Crippen LogP contribution is 2.37. The number of carbonyl (C=O) groups excluding carboxylic acids is 1. The molecule has 2 amide bonds. The van der Waals surface area contributed by atoms with Crippen molar-refractivity contribution in [3.05, 3.63) is 64.8 Å². The van der Waals surface area contributed by atoms with E-state index < -0.39 is 0 Å². The Balaban J connectivity index is 1.75. The molecule has 1 saturated carbocycles. The number of hydrogen-bond acceptors (Lipinski definition) is 4. The van der Waals surface area contributed by atoms with Crippen LogP contribution < -0.4 is 14.8 Å². The van der Waals surface area contributed by atoms with Crippen molar-refractivity contribution in [2.24, 2.45) is 5.92 Å². The number of ether oxygens (including phenoxy) is 2. The molecule has 186 valence electrons. The second-order valence-corrected chi connectivity index (χ2v) is 10.5. The van der Waals surface area contributed by atoms with Gasteiger partial charge in [0.25, 0.3) is 0 Å². The smallest absolute Gasteiger partial charge is 0.318 e. The minimum atomic E-state index is -0.335. The Kier molecular flexibility index (Phi) is 7.26. The van der Waals surface area contributed by atoms with Crippen molar-refractivity contribution in [1.82, 2.24) is 20.0 Å². The summed E-state index contributed by atoms with van der Waals surface area (Å²) in [4.78, 5) is 15.1. The summed E-state index contributed by atoms with van der Waals surface area (Å²) >= 11 is 6.13. The average molecular weight is 497 g/mol. The maximum Gasteiger partial charge on any atom is 0.318 e. The minimum absolute atomic E-state index is 0.0914. The van der Waals surface area contributed by atoms with Crippen LogP contribution in [0.3, 0.4) is 0 Å². The summed E-state index contributed by atoms with van der Waals surface area (Å²) in [6.07, 6.45) is 2.29. The Hall–Kier alpha value is -3.19. The van der Waals surface area contributed by atoms with E-state index in [0.29, 0.717) is 41.4 Å². The Morgan fingerprint density at radius 3 is 2.40 bits per heavy atom. The highest BCUT2D eigenvalue weighted by atomic mass is 35.5. The normalized spacial score (nSPS) is 13.4. The lowest BCUT2D eigenvalue weighted by Crippen LogP contribution is -2.48. The van der Waals surface area contributed by atoms with Crippen LogP contribution in [0.1, 0.15) is 44.9 Å². The van der Waals surface area contributed by atoms with Crippen molar-refractivity contribution >= 4 is 17.6 Å². The second kappa shape index (κ2) is 10.2. The molecule has 0 bridgehead atoms. The van der Waals surface area contributed by atoms with E-state index in [1.807, 2.05) is 81.1 Å². The number of carbonyl (C=O) groups is 1. The maximum atomic E-state index is 13.2. The number of aromatic nitrogens is 2. The molecule has 7 nitrogen and oxygen atoms in total. The maximum absolute atomic E-state index is 13.2. The highest BCUT2D eigenvalue weighted by molar-refractivity contribution is 6.30. The Bertz CT molecular complexity index is 1180. The number of urea groups is 1. The molecule has 0 spiro atoms. The first-order valence-electron chi connectivity index (χ1n) is 11.9. The van der Waals surface area contributed by atoms with Crippen LogP contribution in [0.25, 0.3) is 5.69 Å². The quantitative estimate of drug-likeness (QED) is 0.394. The molecule has 1 aliphatic rings. The number of hydrogen-bond donors (Lipinski definition) is 1. The topological polar surface area (TPSA) is 68.6 Å². The van der Waals surface area contributed by atoms with Crippen LogP contribution in [0.5, 0.6) is 17.4 Å². The van der Waals surface area contributed by atoms with Crippen LogP contribution in [0, 0.1) is 12.8 Å². The Labute approximate surface area is 212 Å². The van der Waals surface area contributed by atoms with Gasteiger partial charge in [0.15, 0.2) is 11.5 Å². The zero-order valence-electron chi connectivity index (χ0n) is 21.0.